The first-order valence-corrected chi connectivity index (χ1v) is 6.98. The fourth-order valence-corrected chi connectivity index (χ4v) is 2.30. The van der Waals surface area contributed by atoms with Gasteiger partial charge in [-0.05, 0) is 37.1 Å². The van der Waals surface area contributed by atoms with Gasteiger partial charge in [-0.15, -0.1) is 0 Å². The molecule has 1 aromatic rings. The van der Waals surface area contributed by atoms with Crippen molar-refractivity contribution in [1.82, 2.24) is 4.90 Å². The van der Waals surface area contributed by atoms with E-state index in [1.165, 1.54) is 0 Å². The standard InChI is InChI=1S/C14H18BrNO3/c1-3-16(7-6-14(18)19)13(17)9-11-4-5-12(15)8-10(11)2/h4-5,8H,3,6-7,9H2,1-2H3,(H,18,19). The van der Waals surface area contributed by atoms with Gasteiger partial charge in [-0.1, -0.05) is 22.0 Å². The smallest absolute Gasteiger partial charge is 0.305 e. The maximum atomic E-state index is 12.1. The number of rotatable bonds is 6. The topological polar surface area (TPSA) is 57.6 Å². The fraction of sp³-hybridized carbons (Fsp3) is 0.429. The number of halogens is 1. The van der Waals surface area contributed by atoms with E-state index in [1.54, 1.807) is 4.90 Å². The summed E-state index contributed by atoms with van der Waals surface area (Å²) in [5.41, 5.74) is 2.03. The van der Waals surface area contributed by atoms with Crippen LogP contribution in [0.5, 0.6) is 0 Å². The number of carbonyl (C=O) groups excluding carboxylic acids is 1. The molecule has 0 spiro atoms. The number of hydrogen-bond donors (Lipinski definition) is 1. The highest BCUT2D eigenvalue weighted by Crippen LogP contribution is 2.17. The first kappa shape index (κ1) is 15.7. The van der Waals surface area contributed by atoms with Crippen LogP contribution < -0.4 is 0 Å². The number of amides is 1. The summed E-state index contributed by atoms with van der Waals surface area (Å²) < 4.78 is 0.986. The van der Waals surface area contributed by atoms with Crippen LogP contribution in [0.2, 0.25) is 0 Å². The van der Waals surface area contributed by atoms with E-state index in [0.717, 1.165) is 15.6 Å². The first-order chi connectivity index (χ1) is 8.93. The Bertz CT molecular complexity index is 474. The molecule has 0 aliphatic carbocycles. The Morgan fingerprint density at radius 2 is 2.05 bits per heavy atom. The number of carboxylic acid groups (broad SMARTS) is 1. The molecule has 0 aromatic heterocycles. The number of nitrogens with zero attached hydrogens (tertiary/aromatic N) is 1. The SMILES string of the molecule is CCN(CCC(=O)O)C(=O)Cc1ccc(Br)cc1C. The molecular formula is C14H18BrNO3. The molecular weight excluding hydrogens is 310 g/mol. The summed E-state index contributed by atoms with van der Waals surface area (Å²) >= 11 is 3.39. The maximum Gasteiger partial charge on any atom is 0.305 e. The van der Waals surface area contributed by atoms with Crippen molar-refractivity contribution in [1.29, 1.82) is 0 Å². The number of hydrogen-bond acceptors (Lipinski definition) is 2. The average molecular weight is 328 g/mol. The van der Waals surface area contributed by atoms with Crippen LogP contribution in [0.25, 0.3) is 0 Å². The Labute approximate surface area is 121 Å². The Hall–Kier alpha value is -1.36. The van der Waals surface area contributed by atoms with Crippen LogP contribution in [0.3, 0.4) is 0 Å². The normalized spacial score (nSPS) is 10.3. The molecule has 0 bridgehead atoms. The predicted molar refractivity (Wildman–Crippen MR) is 77.1 cm³/mol. The Balaban J connectivity index is 2.68. The van der Waals surface area contributed by atoms with E-state index < -0.39 is 5.97 Å². The van der Waals surface area contributed by atoms with E-state index >= 15 is 0 Å². The lowest BCUT2D eigenvalue weighted by Gasteiger charge is -2.20. The van der Waals surface area contributed by atoms with Gasteiger partial charge in [0.05, 0.1) is 12.8 Å². The molecule has 5 heteroatoms. The van der Waals surface area contributed by atoms with E-state index in [9.17, 15) is 9.59 Å². The van der Waals surface area contributed by atoms with E-state index in [4.69, 9.17) is 5.11 Å². The van der Waals surface area contributed by atoms with Gasteiger partial charge in [0, 0.05) is 17.6 Å². The van der Waals surface area contributed by atoms with Crippen molar-refractivity contribution in [3.05, 3.63) is 33.8 Å². The molecule has 1 amide bonds. The number of likely N-dealkylation sites (N-methyl/N-ethyl adjacent to an activating group) is 1. The third kappa shape index (κ3) is 5.03. The molecule has 0 aliphatic rings. The molecule has 1 N–H and O–H groups in total. The van der Waals surface area contributed by atoms with E-state index in [2.05, 4.69) is 15.9 Å². The van der Waals surface area contributed by atoms with Gasteiger partial charge in [0.2, 0.25) is 5.91 Å². The molecule has 0 saturated carbocycles. The lowest BCUT2D eigenvalue weighted by molar-refractivity contribution is -0.138. The van der Waals surface area contributed by atoms with Crippen LogP contribution in [-0.2, 0) is 16.0 Å². The van der Waals surface area contributed by atoms with Gasteiger partial charge in [-0.3, -0.25) is 9.59 Å². The average Bonchev–Trinajstić information content (AvgIpc) is 2.33. The van der Waals surface area contributed by atoms with Crippen molar-refractivity contribution in [3.63, 3.8) is 0 Å². The zero-order chi connectivity index (χ0) is 14.4. The van der Waals surface area contributed by atoms with Crippen molar-refractivity contribution in [2.24, 2.45) is 0 Å². The van der Waals surface area contributed by atoms with E-state index in [1.807, 2.05) is 32.0 Å². The molecule has 0 saturated heterocycles. The molecule has 104 valence electrons. The predicted octanol–water partition coefficient (Wildman–Crippen LogP) is 2.62. The molecule has 1 rings (SSSR count). The lowest BCUT2D eigenvalue weighted by atomic mass is 10.1. The van der Waals surface area contributed by atoms with Gasteiger partial charge in [0.25, 0.3) is 0 Å². The molecule has 0 aliphatic heterocycles. The van der Waals surface area contributed by atoms with Crippen molar-refractivity contribution in [3.8, 4) is 0 Å². The van der Waals surface area contributed by atoms with Gasteiger partial charge in [0.1, 0.15) is 0 Å². The van der Waals surface area contributed by atoms with Gasteiger partial charge in [-0.25, -0.2) is 0 Å². The second-order valence-corrected chi connectivity index (χ2v) is 5.28. The van der Waals surface area contributed by atoms with Gasteiger partial charge < -0.3 is 10.0 Å². The summed E-state index contributed by atoms with van der Waals surface area (Å²) in [4.78, 5) is 24.2. The maximum absolute atomic E-state index is 12.1. The van der Waals surface area contributed by atoms with Crippen LogP contribution >= 0.6 is 15.9 Å². The monoisotopic (exact) mass is 327 g/mol. The third-order valence-corrected chi connectivity index (χ3v) is 3.47. The highest BCUT2D eigenvalue weighted by Gasteiger charge is 2.14. The van der Waals surface area contributed by atoms with Crippen LogP contribution in [0, 0.1) is 6.92 Å². The number of carboxylic acids is 1. The van der Waals surface area contributed by atoms with Crippen molar-refractivity contribution in [2.45, 2.75) is 26.7 Å². The second-order valence-electron chi connectivity index (χ2n) is 4.36. The third-order valence-electron chi connectivity index (χ3n) is 2.98. The molecule has 0 radical (unpaired) electrons. The van der Waals surface area contributed by atoms with Gasteiger partial charge >= 0.3 is 5.97 Å². The van der Waals surface area contributed by atoms with Gasteiger partial charge in [0.15, 0.2) is 0 Å². The Morgan fingerprint density at radius 1 is 1.37 bits per heavy atom. The largest absolute Gasteiger partial charge is 0.481 e. The van der Waals surface area contributed by atoms with Crippen LogP contribution in [0.15, 0.2) is 22.7 Å². The van der Waals surface area contributed by atoms with Crippen molar-refractivity contribution >= 4 is 27.8 Å². The van der Waals surface area contributed by atoms with Crippen molar-refractivity contribution < 1.29 is 14.7 Å². The van der Waals surface area contributed by atoms with Crippen LogP contribution in [0.4, 0.5) is 0 Å². The minimum atomic E-state index is -0.883. The highest BCUT2D eigenvalue weighted by molar-refractivity contribution is 9.10. The quantitative estimate of drug-likeness (QED) is 0.873. The molecule has 19 heavy (non-hydrogen) atoms. The number of aliphatic carboxylic acids is 1. The van der Waals surface area contributed by atoms with Crippen molar-refractivity contribution in [2.75, 3.05) is 13.1 Å². The highest BCUT2D eigenvalue weighted by atomic mass is 79.9. The molecule has 0 unspecified atom stereocenters. The van der Waals surface area contributed by atoms with E-state index in [-0.39, 0.29) is 18.9 Å². The molecule has 0 fully saturated rings. The summed E-state index contributed by atoms with van der Waals surface area (Å²) in [5, 5.41) is 8.66. The number of aryl methyl sites for hydroxylation is 1. The first-order valence-electron chi connectivity index (χ1n) is 6.18. The second kappa shape index (κ2) is 7.28. The van der Waals surface area contributed by atoms with Crippen LogP contribution in [-0.4, -0.2) is 35.0 Å². The molecule has 1 aromatic carbocycles. The zero-order valence-corrected chi connectivity index (χ0v) is 12.7. The van der Waals surface area contributed by atoms with Crippen LogP contribution in [0.1, 0.15) is 24.5 Å². The summed E-state index contributed by atoms with van der Waals surface area (Å²) in [7, 11) is 0. The molecule has 4 nitrogen and oxygen atoms in total. The molecule has 0 heterocycles. The summed E-state index contributed by atoms with van der Waals surface area (Å²) in [6.45, 7) is 4.61. The number of benzene rings is 1. The summed E-state index contributed by atoms with van der Waals surface area (Å²) in [6, 6.07) is 5.79. The number of carbonyl (C=O) groups is 2. The summed E-state index contributed by atoms with van der Waals surface area (Å²) in [5.74, 6) is -0.916. The minimum absolute atomic E-state index is 0.0150. The summed E-state index contributed by atoms with van der Waals surface area (Å²) in [6.07, 6.45) is 0.297. The zero-order valence-electron chi connectivity index (χ0n) is 11.1. The molecule has 0 atom stereocenters. The lowest BCUT2D eigenvalue weighted by Crippen LogP contribution is -2.34. The Kier molecular flexibility index (Phi) is 6.02. The minimum Gasteiger partial charge on any atom is -0.481 e. The Morgan fingerprint density at radius 3 is 2.58 bits per heavy atom. The van der Waals surface area contributed by atoms with E-state index in [0.29, 0.717) is 13.0 Å². The fourth-order valence-electron chi connectivity index (χ4n) is 1.82. The van der Waals surface area contributed by atoms with Gasteiger partial charge in [-0.2, -0.15) is 0 Å².